The molecular formula is C14H12ClN3O3S2. The van der Waals surface area contributed by atoms with Crippen LogP contribution in [0, 0.1) is 13.8 Å². The Balaban J connectivity index is 1.92. The highest BCUT2D eigenvalue weighted by molar-refractivity contribution is 7.92. The second kappa shape index (κ2) is 5.95. The molecule has 0 radical (unpaired) electrons. The standard InChI is InChI=1S/C14H12ClN3O3S2/c1-8-12(7-13(22-8)14-17-16-9(2)21-14)18-23(19,20)11-5-3-4-10(15)6-11/h3-7,18H,1-2H3. The molecule has 0 unspecified atom stereocenters. The van der Waals surface area contributed by atoms with Crippen LogP contribution in [-0.4, -0.2) is 18.6 Å². The average Bonchev–Trinajstić information content (AvgIpc) is 3.06. The van der Waals surface area contributed by atoms with E-state index in [0.29, 0.717) is 27.4 Å². The number of aryl methyl sites for hydroxylation is 2. The van der Waals surface area contributed by atoms with Crippen molar-refractivity contribution in [2.24, 2.45) is 0 Å². The minimum absolute atomic E-state index is 0.103. The SMILES string of the molecule is Cc1nnc(-c2cc(NS(=O)(=O)c3cccc(Cl)c3)c(C)s2)o1. The minimum atomic E-state index is -3.72. The Morgan fingerprint density at radius 1 is 1.22 bits per heavy atom. The summed E-state index contributed by atoms with van der Waals surface area (Å²) in [5, 5.41) is 8.06. The maximum Gasteiger partial charge on any atom is 0.261 e. The Morgan fingerprint density at radius 3 is 2.65 bits per heavy atom. The molecule has 0 fully saturated rings. The van der Waals surface area contributed by atoms with Gasteiger partial charge in [0.1, 0.15) is 0 Å². The molecule has 23 heavy (non-hydrogen) atoms. The van der Waals surface area contributed by atoms with Gasteiger partial charge in [-0.25, -0.2) is 8.42 Å². The average molecular weight is 370 g/mol. The van der Waals surface area contributed by atoms with Gasteiger partial charge in [-0.05, 0) is 31.2 Å². The lowest BCUT2D eigenvalue weighted by molar-refractivity contribution is 0.534. The van der Waals surface area contributed by atoms with Gasteiger partial charge in [-0.2, -0.15) is 0 Å². The predicted molar refractivity (Wildman–Crippen MR) is 89.3 cm³/mol. The van der Waals surface area contributed by atoms with Crippen molar-refractivity contribution >= 4 is 38.6 Å². The number of nitrogens with one attached hydrogen (secondary N) is 1. The highest BCUT2D eigenvalue weighted by Crippen LogP contribution is 2.34. The van der Waals surface area contributed by atoms with E-state index in [4.69, 9.17) is 16.0 Å². The summed E-state index contributed by atoms with van der Waals surface area (Å²) in [5.74, 6) is 0.816. The number of sulfonamides is 1. The fourth-order valence-corrected chi connectivity index (χ4v) is 4.30. The second-order valence-corrected chi connectivity index (χ2v) is 8.14. The number of nitrogens with zero attached hydrogens (tertiary/aromatic N) is 2. The van der Waals surface area contributed by atoms with Crippen molar-refractivity contribution in [1.82, 2.24) is 10.2 Å². The summed E-state index contributed by atoms with van der Waals surface area (Å²) in [6, 6.07) is 7.76. The molecule has 3 aromatic rings. The molecule has 3 rings (SSSR count). The molecule has 0 aliphatic carbocycles. The smallest absolute Gasteiger partial charge is 0.261 e. The van der Waals surface area contributed by atoms with Gasteiger partial charge in [0.05, 0.1) is 15.5 Å². The molecule has 0 aliphatic rings. The molecule has 1 aromatic carbocycles. The topological polar surface area (TPSA) is 85.1 Å². The summed E-state index contributed by atoms with van der Waals surface area (Å²) >= 11 is 7.22. The van der Waals surface area contributed by atoms with Gasteiger partial charge in [-0.1, -0.05) is 17.7 Å². The first-order chi connectivity index (χ1) is 10.8. The fraction of sp³-hybridized carbons (Fsp3) is 0.143. The number of thiophene rings is 1. The van der Waals surface area contributed by atoms with Crippen molar-refractivity contribution in [3.05, 3.63) is 46.1 Å². The summed E-state index contributed by atoms with van der Waals surface area (Å²) in [6.07, 6.45) is 0. The molecule has 0 spiro atoms. The van der Waals surface area contributed by atoms with Crippen LogP contribution in [0.25, 0.3) is 10.8 Å². The van der Waals surface area contributed by atoms with E-state index in [0.717, 1.165) is 4.88 Å². The highest BCUT2D eigenvalue weighted by Gasteiger charge is 2.19. The van der Waals surface area contributed by atoms with Gasteiger partial charge in [0, 0.05) is 16.8 Å². The van der Waals surface area contributed by atoms with Gasteiger partial charge < -0.3 is 4.42 Å². The lowest BCUT2D eigenvalue weighted by atomic mass is 10.4. The Morgan fingerprint density at radius 2 is 2.00 bits per heavy atom. The largest absolute Gasteiger partial charge is 0.420 e. The van der Waals surface area contributed by atoms with Crippen LogP contribution in [0.4, 0.5) is 5.69 Å². The Kier molecular flexibility index (Phi) is 4.13. The summed E-state index contributed by atoms with van der Waals surface area (Å²) in [7, 11) is -3.72. The van der Waals surface area contributed by atoms with Gasteiger partial charge in [0.15, 0.2) is 0 Å². The van der Waals surface area contributed by atoms with E-state index in [1.807, 2.05) is 6.92 Å². The second-order valence-electron chi connectivity index (χ2n) is 4.77. The lowest BCUT2D eigenvalue weighted by Gasteiger charge is -2.07. The monoisotopic (exact) mass is 369 g/mol. The number of aromatic nitrogens is 2. The van der Waals surface area contributed by atoms with Crippen LogP contribution in [0.3, 0.4) is 0 Å². The molecule has 0 amide bonds. The number of hydrogen-bond donors (Lipinski definition) is 1. The first-order valence-electron chi connectivity index (χ1n) is 6.54. The molecule has 1 N–H and O–H groups in total. The first-order valence-corrected chi connectivity index (χ1v) is 9.22. The number of halogens is 1. The Bertz CT molecular complexity index is 963. The van der Waals surface area contributed by atoms with E-state index in [1.165, 1.54) is 23.5 Å². The van der Waals surface area contributed by atoms with E-state index in [1.54, 1.807) is 25.1 Å². The van der Waals surface area contributed by atoms with Crippen molar-refractivity contribution in [2.45, 2.75) is 18.7 Å². The quantitative estimate of drug-likeness (QED) is 0.754. The van der Waals surface area contributed by atoms with Crippen LogP contribution < -0.4 is 4.72 Å². The van der Waals surface area contributed by atoms with Crippen molar-refractivity contribution in [3.63, 3.8) is 0 Å². The zero-order valence-electron chi connectivity index (χ0n) is 12.2. The van der Waals surface area contributed by atoms with Gasteiger partial charge in [-0.15, -0.1) is 21.5 Å². The Hall–Kier alpha value is -1.90. The maximum atomic E-state index is 12.4. The normalized spacial score (nSPS) is 11.6. The molecule has 2 aromatic heterocycles. The van der Waals surface area contributed by atoms with E-state index in [2.05, 4.69) is 14.9 Å². The number of benzene rings is 1. The van der Waals surface area contributed by atoms with Crippen LogP contribution in [0.2, 0.25) is 5.02 Å². The zero-order chi connectivity index (χ0) is 16.6. The third-order valence-corrected chi connectivity index (χ3v) is 5.64. The molecule has 6 nitrogen and oxygen atoms in total. The van der Waals surface area contributed by atoms with Crippen molar-refractivity contribution < 1.29 is 12.8 Å². The van der Waals surface area contributed by atoms with E-state index < -0.39 is 10.0 Å². The molecule has 0 bridgehead atoms. The van der Waals surface area contributed by atoms with Gasteiger partial charge in [-0.3, -0.25) is 4.72 Å². The summed E-state index contributed by atoms with van der Waals surface area (Å²) in [6.45, 7) is 3.51. The van der Waals surface area contributed by atoms with Crippen molar-refractivity contribution in [3.8, 4) is 10.8 Å². The molecule has 0 saturated heterocycles. The highest BCUT2D eigenvalue weighted by atomic mass is 35.5. The molecule has 0 aliphatic heterocycles. The molecule has 0 atom stereocenters. The fourth-order valence-electron chi connectivity index (χ4n) is 1.92. The third-order valence-electron chi connectivity index (χ3n) is 3.01. The molecule has 120 valence electrons. The molecule has 0 saturated carbocycles. The number of hydrogen-bond acceptors (Lipinski definition) is 6. The van der Waals surface area contributed by atoms with Crippen LogP contribution >= 0.6 is 22.9 Å². The van der Waals surface area contributed by atoms with Gasteiger partial charge >= 0.3 is 0 Å². The summed E-state index contributed by atoms with van der Waals surface area (Å²) in [5.41, 5.74) is 0.473. The van der Waals surface area contributed by atoms with Crippen LogP contribution in [0.15, 0.2) is 39.6 Å². The molecule has 9 heteroatoms. The van der Waals surface area contributed by atoms with Gasteiger partial charge in [0.25, 0.3) is 15.9 Å². The zero-order valence-corrected chi connectivity index (χ0v) is 14.6. The minimum Gasteiger partial charge on any atom is -0.420 e. The van der Waals surface area contributed by atoms with E-state index in [9.17, 15) is 8.42 Å². The molecule has 2 heterocycles. The Labute approximate surface area is 142 Å². The third kappa shape index (κ3) is 3.39. The van der Waals surface area contributed by atoms with Crippen molar-refractivity contribution in [2.75, 3.05) is 4.72 Å². The van der Waals surface area contributed by atoms with Gasteiger partial charge in [0.2, 0.25) is 5.89 Å². The lowest BCUT2D eigenvalue weighted by Crippen LogP contribution is -2.12. The summed E-state index contributed by atoms with van der Waals surface area (Å²) in [4.78, 5) is 1.60. The van der Waals surface area contributed by atoms with E-state index in [-0.39, 0.29) is 4.90 Å². The number of anilines is 1. The van der Waals surface area contributed by atoms with E-state index >= 15 is 0 Å². The van der Waals surface area contributed by atoms with Crippen molar-refractivity contribution in [1.29, 1.82) is 0 Å². The summed E-state index contributed by atoms with van der Waals surface area (Å²) < 4.78 is 32.8. The number of rotatable bonds is 4. The first kappa shape index (κ1) is 16.0. The maximum absolute atomic E-state index is 12.4. The van der Waals surface area contributed by atoms with Crippen LogP contribution in [0.1, 0.15) is 10.8 Å². The molecular weight excluding hydrogens is 358 g/mol. The predicted octanol–water partition coefficient (Wildman–Crippen LogP) is 3.87. The van der Waals surface area contributed by atoms with Crippen LogP contribution in [0.5, 0.6) is 0 Å². The van der Waals surface area contributed by atoms with Crippen LogP contribution in [-0.2, 0) is 10.0 Å².